The molecule has 22 heavy (non-hydrogen) atoms. The van der Waals surface area contributed by atoms with Gasteiger partial charge in [0.15, 0.2) is 11.6 Å². The van der Waals surface area contributed by atoms with E-state index >= 15 is 0 Å². The zero-order valence-electron chi connectivity index (χ0n) is 14.3. The Morgan fingerprint density at radius 2 is 1.86 bits per heavy atom. The predicted octanol–water partition coefficient (Wildman–Crippen LogP) is 3.12. The number of nitrogens with zero attached hydrogens (tertiary/aromatic N) is 2. The lowest BCUT2D eigenvalue weighted by Gasteiger charge is -2.46. The first kappa shape index (κ1) is 16.9. The van der Waals surface area contributed by atoms with Gasteiger partial charge >= 0.3 is 6.01 Å². The quantitative estimate of drug-likeness (QED) is 0.895. The van der Waals surface area contributed by atoms with E-state index in [2.05, 4.69) is 48.3 Å². The minimum atomic E-state index is -0.453. The molecule has 0 atom stereocenters. The van der Waals surface area contributed by atoms with Crippen molar-refractivity contribution in [3.63, 3.8) is 0 Å². The highest BCUT2D eigenvalue weighted by atomic mass is 19.1. The van der Waals surface area contributed by atoms with Crippen LogP contribution in [0.5, 0.6) is 6.01 Å². The van der Waals surface area contributed by atoms with Crippen molar-refractivity contribution in [3.8, 4) is 6.01 Å². The fourth-order valence-corrected chi connectivity index (χ4v) is 3.34. The van der Waals surface area contributed by atoms with Gasteiger partial charge in [0.25, 0.3) is 0 Å². The number of hydrogen-bond acceptors (Lipinski definition) is 5. The molecular weight excluding hydrogens is 283 g/mol. The lowest BCUT2D eigenvalue weighted by atomic mass is 9.79. The number of anilines is 1. The fourth-order valence-electron chi connectivity index (χ4n) is 3.34. The van der Waals surface area contributed by atoms with Crippen molar-refractivity contribution < 1.29 is 9.13 Å². The van der Waals surface area contributed by atoms with Gasteiger partial charge in [-0.3, -0.25) is 0 Å². The first-order valence-electron chi connectivity index (χ1n) is 7.81. The van der Waals surface area contributed by atoms with Crippen LogP contribution in [0, 0.1) is 5.82 Å². The Hall–Kier alpha value is -1.43. The molecule has 1 aliphatic rings. The number of halogens is 1. The van der Waals surface area contributed by atoms with Crippen molar-refractivity contribution in [2.75, 3.05) is 5.32 Å². The second-order valence-corrected chi connectivity index (χ2v) is 7.66. The second kappa shape index (κ2) is 5.99. The van der Waals surface area contributed by atoms with E-state index in [0.717, 1.165) is 19.0 Å². The third-order valence-electron chi connectivity index (χ3n) is 3.59. The number of rotatable bonds is 4. The van der Waals surface area contributed by atoms with Gasteiger partial charge in [-0.2, -0.15) is 4.98 Å². The SMILES string of the molecule is CC(C)Oc1ncc(F)c(NC2CC(C)(C)NC(C)(C)C2)n1. The number of piperidine rings is 1. The van der Waals surface area contributed by atoms with Gasteiger partial charge in [0.1, 0.15) is 0 Å². The molecule has 2 heterocycles. The van der Waals surface area contributed by atoms with Gasteiger partial charge in [-0.05, 0) is 54.4 Å². The van der Waals surface area contributed by atoms with Gasteiger partial charge in [0.05, 0.1) is 12.3 Å². The van der Waals surface area contributed by atoms with Gasteiger partial charge in [0, 0.05) is 17.1 Å². The van der Waals surface area contributed by atoms with E-state index in [0.29, 0.717) is 0 Å². The molecule has 6 heteroatoms. The molecule has 0 aromatic carbocycles. The maximum absolute atomic E-state index is 14.0. The topological polar surface area (TPSA) is 59.1 Å². The monoisotopic (exact) mass is 310 g/mol. The van der Waals surface area contributed by atoms with Crippen molar-refractivity contribution in [3.05, 3.63) is 12.0 Å². The van der Waals surface area contributed by atoms with Crippen LogP contribution in [0.25, 0.3) is 0 Å². The van der Waals surface area contributed by atoms with Crippen LogP contribution in [0.1, 0.15) is 54.4 Å². The van der Waals surface area contributed by atoms with E-state index in [4.69, 9.17) is 4.74 Å². The average molecular weight is 310 g/mol. The molecule has 0 unspecified atom stereocenters. The lowest BCUT2D eigenvalue weighted by Crippen LogP contribution is -2.60. The van der Waals surface area contributed by atoms with Gasteiger partial charge in [-0.15, -0.1) is 0 Å². The molecule has 1 aromatic heterocycles. The standard InChI is InChI=1S/C16H27FN4O/c1-10(2)22-14-18-9-12(17)13(20-14)19-11-7-15(3,4)21-16(5,6)8-11/h9-11,21H,7-8H2,1-6H3,(H,18,19,20). The van der Waals surface area contributed by atoms with Crippen molar-refractivity contribution in [1.29, 1.82) is 0 Å². The molecule has 0 radical (unpaired) electrons. The van der Waals surface area contributed by atoms with Crippen LogP contribution in [-0.2, 0) is 0 Å². The molecule has 1 aromatic rings. The molecule has 124 valence electrons. The first-order chi connectivity index (χ1) is 10.1. The summed E-state index contributed by atoms with van der Waals surface area (Å²) in [5.74, 6) is -0.241. The summed E-state index contributed by atoms with van der Waals surface area (Å²) >= 11 is 0. The Morgan fingerprint density at radius 1 is 1.27 bits per heavy atom. The normalized spacial score (nSPS) is 20.9. The Kier molecular flexibility index (Phi) is 4.61. The van der Waals surface area contributed by atoms with Crippen LogP contribution < -0.4 is 15.4 Å². The van der Waals surface area contributed by atoms with Gasteiger partial charge in [-0.25, -0.2) is 9.37 Å². The number of aromatic nitrogens is 2. The van der Waals surface area contributed by atoms with Crippen molar-refractivity contribution in [1.82, 2.24) is 15.3 Å². The Bertz CT molecular complexity index is 515. The largest absolute Gasteiger partial charge is 0.461 e. The van der Waals surface area contributed by atoms with Crippen LogP contribution in [-0.4, -0.2) is 33.2 Å². The highest BCUT2D eigenvalue weighted by Crippen LogP contribution is 2.30. The van der Waals surface area contributed by atoms with E-state index in [9.17, 15) is 4.39 Å². The summed E-state index contributed by atoms with van der Waals surface area (Å²) in [4.78, 5) is 8.03. The molecule has 0 amide bonds. The summed E-state index contributed by atoms with van der Waals surface area (Å²) in [5, 5.41) is 6.84. The first-order valence-corrected chi connectivity index (χ1v) is 7.81. The molecular formula is C16H27FN4O. The molecule has 1 aliphatic heterocycles. The Labute approximate surface area is 132 Å². The van der Waals surface area contributed by atoms with Crippen LogP contribution in [0.3, 0.4) is 0 Å². The van der Waals surface area contributed by atoms with Crippen LogP contribution >= 0.6 is 0 Å². The third kappa shape index (κ3) is 4.53. The Morgan fingerprint density at radius 3 is 2.41 bits per heavy atom. The lowest BCUT2D eigenvalue weighted by molar-refractivity contribution is 0.170. The minimum absolute atomic E-state index is 0.0137. The summed E-state index contributed by atoms with van der Waals surface area (Å²) in [6, 6.07) is 0.342. The molecule has 2 rings (SSSR count). The fraction of sp³-hybridized carbons (Fsp3) is 0.750. The maximum Gasteiger partial charge on any atom is 0.318 e. The minimum Gasteiger partial charge on any atom is -0.461 e. The zero-order chi connectivity index (χ0) is 16.5. The summed E-state index contributed by atoms with van der Waals surface area (Å²) in [7, 11) is 0. The highest BCUT2D eigenvalue weighted by molar-refractivity contribution is 5.38. The highest BCUT2D eigenvalue weighted by Gasteiger charge is 2.38. The number of hydrogen-bond donors (Lipinski definition) is 2. The van der Waals surface area contributed by atoms with Gasteiger partial charge in [-0.1, -0.05) is 0 Å². The van der Waals surface area contributed by atoms with E-state index < -0.39 is 5.82 Å². The predicted molar refractivity (Wildman–Crippen MR) is 85.7 cm³/mol. The van der Waals surface area contributed by atoms with E-state index in [1.54, 1.807) is 0 Å². The smallest absolute Gasteiger partial charge is 0.318 e. The summed E-state index contributed by atoms with van der Waals surface area (Å²) < 4.78 is 19.4. The molecule has 0 aliphatic carbocycles. The molecule has 1 fully saturated rings. The third-order valence-corrected chi connectivity index (χ3v) is 3.59. The molecule has 5 nitrogen and oxygen atoms in total. The van der Waals surface area contributed by atoms with E-state index in [1.807, 2.05) is 13.8 Å². The van der Waals surface area contributed by atoms with Crippen molar-refractivity contribution >= 4 is 5.82 Å². The molecule has 0 spiro atoms. The summed E-state index contributed by atoms with van der Waals surface area (Å²) in [6.07, 6.45) is 2.89. The molecule has 2 N–H and O–H groups in total. The summed E-state index contributed by atoms with van der Waals surface area (Å²) in [6.45, 7) is 12.4. The van der Waals surface area contributed by atoms with Gasteiger partial charge in [0.2, 0.25) is 0 Å². The molecule has 0 bridgehead atoms. The van der Waals surface area contributed by atoms with Crippen LogP contribution in [0.15, 0.2) is 6.20 Å². The van der Waals surface area contributed by atoms with Crippen LogP contribution in [0.2, 0.25) is 0 Å². The van der Waals surface area contributed by atoms with Crippen molar-refractivity contribution in [2.24, 2.45) is 0 Å². The molecule has 0 saturated carbocycles. The Balaban J connectivity index is 2.15. The molecule has 1 saturated heterocycles. The van der Waals surface area contributed by atoms with Crippen LogP contribution in [0.4, 0.5) is 10.2 Å². The average Bonchev–Trinajstić information content (AvgIpc) is 2.28. The van der Waals surface area contributed by atoms with E-state index in [1.165, 1.54) is 0 Å². The maximum atomic E-state index is 14.0. The zero-order valence-corrected chi connectivity index (χ0v) is 14.3. The number of nitrogens with one attached hydrogen (secondary N) is 2. The van der Waals surface area contributed by atoms with Gasteiger partial charge < -0.3 is 15.4 Å². The van der Waals surface area contributed by atoms with Crippen molar-refractivity contribution in [2.45, 2.75) is 77.6 Å². The summed E-state index contributed by atoms with van der Waals surface area (Å²) in [5.41, 5.74) is -0.0274. The second-order valence-electron chi connectivity index (χ2n) is 7.66. The van der Waals surface area contributed by atoms with E-state index in [-0.39, 0.29) is 35.1 Å². The number of ether oxygens (including phenoxy) is 1.